The Hall–Kier alpha value is -1.18. The topological polar surface area (TPSA) is 101 Å². The normalized spacial score (nSPS) is 14.4. The highest BCUT2D eigenvalue weighted by Crippen LogP contribution is 2.15. The highest BCUT2D eigenvalue weighted by atomic mass is 16.4. The van der Waals surface area contributed by atoms with Crippen molar-refractivity contribution in [3.8, 4) is 0 Å². The maximum absolute atomic E-state index is 8.96. The van der Waals surface area contributed by atoms with Gasteiger partial charge in [-0.05, 0) is 93.4 Å². The van der Waals surface area contributed by atoms with Gasteiger partial charge in [-0.1, -0.05) is 10.3 Å². The molecular weight excluding hydrogens is 318 g/mol. The maximum Gasteiger partial charge on any atom is 0.0734 e. The van der Waals surface area contributed by atoms with Crippen molar-refractivity contribution in [2.24, 2.45) is 16.2 Å². The van der Waals surface area contributed by atoms with E-state index in [4.69, 9.17) is 10.4 Å². The molecule has 0 aliphatic rings. The fourth-order valence-corrected chi connectivity index (χ4v) is 2.46. The van der Waals surface area contributed by atoms with E-state index in [2.05, 4.69) is 26.3 Å². The highest BCUT2D eigenvalue weighted by molar-refractivity contribution is 5.90. The first-order chi connectivity index (χ1) is 11.6. The zero-order valence-corrected chi connectivity index (χ0v) is 17.1. The fraction of sp³-hybridized carbons (Fsp3) is 0.889. The summed E-state index contributed by atoms with van der Waals surface area (Å²) in [6.45, 7) is 14.5. The van der Waals surface area contributed by atoms with Gasteiger partial charge in [-0.25, -0.2) is 0 Å². The first kappa shape index (κ1) is 23.8. The third-order valence-corrected chi connectivity index (χ3v) is 5.15. The molecule has 0 rings (SSSR count). The Morgan fingerprint density at radius 3 is 1.48 bits per heavy atom. The minimum Gasteiger partial charge on any atom is -0.411 e. The second kappa shape index (κ2) is 11.4. The van der Waals surface area contributed by atoms with Gasteiger partial charge < -0.3 is 26.4 Å². The van der Waals surface area contributed by atoms with Crippen LogP contribution in [0.15, 0.2) is 10.3 Å². The number of nitrogens with one attached hydrogen (secondary N) is 3. The van der Waals surface area contributed by atoms with Crippen LogP contribution in [0.3, 0.4) is 0 Å². The second-order valence-electron chi connectivity index (χ2n) is 7.81. The van der Waals surface area contributed by atoms with Crippen molar-refractivity contribution in [3.63, 3.8) is 0 Å². The molecule has 0 aliphatic heterocycles. The fourth-order valence-electron chi connectivity index (χ4n) is 2.46. The molecule has 7 nitrogen and oxygen atoms in total. The summed E-state index contributed by atoms with van der Waals surface area (Å²) in [5.74, 6) is 0.580. The first-order valence-corrected chi connectivity index (χ1v) is 9.13. The van der Waals surface area contributed by atoms with Crippen LogP contribution in [0.2, 0.25) is 0 Å². The molecule has 0 aromatic heterocycles. The first-order valence-electron chi connectivity index (χ1n) is 9.13. The molecule has 0 unspecified atom stereocenters. The van der Waals surface area contributed by atoms with Crippen molar-refractivity contribution in [3.05, 3.63) is 0 Å². The van der Waals surface area contributed by atoms with Gasteiger partial charge in [-0.3, -0.25) is 0 Å². The molecule has 0 heterocycles. The molecule has 0 fully saturated rings. The standard InChI is InChI=1S/C18H39N5O2/c1-14(22-24)17(3,4)20-12-9-16(8-11-19-7)10-13-21-18(5,6)15(2)23-25/h16,19-21,24-25H,8-13H2,1-7H3/b22-14+,23-15+. The largest absolute Gasteiger partial charge is 0.411 e. The Kier molecular flexibility index (Phi) is 10.9. The van der Waals surface area contributed by atoms with Gasteiger partial charge in [0.1, 0.15) is 0 Å². The minimum absolute atomic E-state index is 0.308. The summed E-state index contributed by atoms with van der Waals surface area (Å²) in [5.41, 5.74) is 0.747. The van der Waals surface area contributed by atoms with Crippen molar-refractivity contribution in [1.82, 2.24) is 16.0 Å². The van der Waals surface area contributed by atoms with Crippen LogP contribution >= 0.6 is 0 Å². The van der Waals surface area contributed by atoms with Gasteiger partial charge >= 0.3 is 0 Å². The average Bonchev–Trinajstić information content (AvgIpc) is 2.57. The minimum atomic E-state index is -0.308. The molecule has 0 atom stereocenters. The van der Waals surface area contributed by atoms with Gasteiger partial charge in [0.2, 0.25) is 0 Å². The number of oxime groups is 2. The Labute approximate surface area is 153 Å². The number of nitrogens with zero attached hydrogens (tertiary/aromatic N) is 2. The van der Waals surface area contributed by atoms with Crippen LogP contribution in [-0.2, 0) is 0 Å². The third-order valence-electron chi connectivity index (χ3n) is 5.15. The lowest BCUT2D eigenvalue weighted by Crippen LogP contribution is -2.47. The van der Waals surface area contributed by atoms with E-state index in [0.29, 0.717) is 17.3 Å². The van der Waals surface area contributed by atoms with Crippen molar-refractivity contribution in [2.75, 3.05) is 26.7 Å². The van der Waals surface area contributed by atoms with Crippen molar-refractivity contribution >= 4 is 11.4 Å². The molecule has 0 radical (unpaired) electrons. The SMILES string of the molecule is CNCCC(CCNC(C)(C)/C(C)=N/O)CCNC(C)(C)/C(C)=N/O. The van der Waals surface area contributed by atoms with E-state index in [1.54, 1.807) is 0 Å². The Bertz CT molecular complexity index is 397. The van der Waals surface area contributed by atoms with Gasteiger partial charge in [0, 0.05) is 0 Å². The summed E-state index contributed by atoms with van der Waals surface area (Å²) in [4.78, 5) is 0. The number of hydrogen-bond donors (Lipinski definition) is 5. The van der Waals surface area contributed by atoms with Crippen LogP contribution in [0.25, 0.3) is 0 Å². The number of hydrogen-bond acceptors (Lipinski definition) is 7. The lowest BCUT2D eigenvalue weighted by atomic mass is 9.94. The summed E-state index contributed by atoms with van der Waals surface area (Å²) < 4.78 is 0. The molecule has 0 aromatic rings. The zero-order chi connectivity index (χ0) is 19.5. The predicted octanol–water partition coefficient (Wildman–Crippen LogP) is 2.43. The van der Waals surface area contributed by atoms with Crippen LogP contribution in [0.4, 0.5) is 0 Å². The van der Waals surface area contributed by atoms with Gasteiger partial charge in [0.15, 0.2) is 0 Å². The molecule has 5 N–H and O–H groups in total. The molecule has 0 spiro atoms. The van der Waals surface area contributed by atoms with E-state index in [1.165, 1.54) is 0 Å². The summed E-state index contributed by atoms with van der Waals surface area (Å²) in [6.07, 6.45) is 3.22. The molecular formula is C18H39N5O2. The lowest BCUT2D eigenvalue weighted by Gasteiger charge is -2.28. The summed E-state index contributed by atoms with van der Waals surface area (Å²) in [5, 5.41) is 34.7. The van der Waals surface area contributed by atoms with Crippen molar-refractivity contribution < 1.29 is 10.4 Å². The van der Waals surface area contributed by atoms with Gasteiger partial charge in [-0.2, -0.15) is 0 Å². The van der Waals surface area contributed by atoms with E-state index < -0.39 is 0 Å². The molecule has 0 aromatic carbocycles. The Morgan fingerprint density at radius 1 is 0.800 bits per heavy atom. The van der Waals surface area contributed by atoms with Gasteiger partial charge in [0.25, 0.3) is 0 Å². The summed E-state index contributed by atoms with van der Waals surface area (Å²) in [6, 6.07) is 0. The molecule has 0 saturated heterocycles. The van der Waals surface area contributed by atoms with Crippen LogP contribution in [0.5, 0.6) is 0 Å². The van der Waals surface area contributed by atoms with Crippen molar-refractivity contribution in [2.45, 2.75) is 71.9 Å². The quantitative estimate of drug-likeness (QED) is 0.198. The van der Waals surface area contributed by atoms with Crippen LogP contribution in [0.1, 0.15) is 60.8 Å². The molecule has 0 bridgehead atoms. The molecule has 148 valence electrons. The molecule has 0 saturated carbocycles. The monoisotopic (exact) mass is 357 g/mol. The van der Waals surface area contributed by atoms with Crippen molar-refractivity contribution in [1.29, 1.82) is 0 Å². The maximum atomic E-state index is 8.96. The Morgan fingerprint density at radius 2 is 1.16 bits per heavy atom. The van der Waals surface area contributed by atoms with E-state index in [-0.39, 0.29) is 11.1 Å². The Balaban J connectivity index is 4.47. The van der Waals surface area contributed by atoms with E-state index in [1.807, 2.05) is 48.6 Å². The van der Waals surface area contributed by atoms with Crippen LogP contribution in [-0.4, -0.2) is 59.6 Å². The second-order valence-corrected chi connectivity index (χ2v) is 7.81. The molecule has 0 aliphatic carbocycles. The predicted molar refractivity (Wildman–Crippen MR) is 105 cm³/mol. The summed E-state index contributed by atoms with van der Waals surface area (Å²) >= 11 is 0. The van der Waals surface area contributed by atoms with Gasteiger partial charge in [-0.15, -0.1) is 0 Å². The van der Waals surface area contributed by atoms with Crippen LogP contribution < -0.4 is 16.0 Å². The van der Waals surface area contributed by atoms with E-state index in [9.17, 15) is 0 Å². The van der Waals surface area contributed by atoms with E-state index in [0.717, 1.165) is 38.9 Å². The van der Waals surface area contributed by atoms with E-state index >= 15 is 0 Å². The highest BCUT2D eigenvalue weighted by Gasteiger charge is 2.23. The zero-order valence-electron chi connectivity index (χ0n) is 17.1. The lowest BCUT2D eigenvalue weighted by molar-refractivity contribution is 0.306. The smallest absolute Gasteiger partial charge is 0.0734 e. The summed E-state index contributed by atoms with van der Waals surface area (Å²) in [7, 11) is 1.97. The molecule has 7 heteroatoms. The average molecular weight is 358 g/mol. The van der Waals surface area contributed by atoms with Gasteiger partial charge in [0.05, 0.1) is 22.5 Å². The molecule has 25 heavy (non-hydrogen) atoms. The molecule has 0 amide bonds. The van der Waals surface area contributed by atoms with Crippen LogP contribution in [0, 0.1) is 5.92 Å². The third kappa shape index (κ3) is 9.18. The number of rotatable bonds is 13.